The maximum absolute atomic E-state index is 11.8. The van der Waals surface area contributed by atoms with E-state index in [2.05, 4.69) is 10.6 Å². The van der Waals surface area contributed by atoms with Crippen molar-refractivity contribution in [3.05, 3.63) is 29.1 Å². The van der Waals surface area contributed by atoms with Crippen molar-refractivity contribution in [1.29, 1.82) is 0 Å². The molecular weight excluding hydrogens is 264 g/mol. The molecule has 0 aliphatic carbocycles. The zero-order valence-corrected chi connectivity index (χ0v) is 11.5. The predicted molar refractivity (Wildman–Crippen MR) is 75.7 cm³/mol. The minimum atomic E-state index is -0.444. The second kappa shape index (κ2) is 5.81. The van der Waals surface area contributed by atoms with E-state index in [-0.39, 0.29) is 12.5 Å². The zero-order chi connectivity index (χ0) is 13.8. The highest BCUT2D eigenvalue weighted by atomic mass is 32.1. The van der Waals surface area contributed by atoms with Crippen LogP contribution in [0.2, 0.25) is 0 Å². The SMILES string of the molecule is CNCC(=O)Nc1c(C(=O)OC)sc2ccccc12. The number of fused-ring (bicyclic) bond motifs is 1. The number of ether oxygens (including phenoxy) is 1. The van der Waals surface area contributed by atoms with Crippen LogP contribution in [-0.2, 0) is 9.53 Å². The van der Waals surface area contributed by atoms with Crippen LogP contribution in [0.15, 0.2) is 24.3 Å². The summed E-state index contributed by atoms with van der Waals surface area (Å²) in [7, 11) is 3.01. The molecule has 2 N–H and O–H groups in total. The predicted octanol–water partition coefficient (Wildman–Crippen LogP) is 1.85. The molecule has 0 atom stereocenters. The summed E-state index contributed by atoms with van der Waals surface area (Å²) in [5.74, 6) is -0.642. The van der Waals surface area contributed by atoms with Crippen LogP contribution in [0, 0.1) is 0 Å². The Morgan fingerprint density at radius 2 is 2.05 bits per heavy atom. The monoisotopic (exact) mass is 278 g/mol. The first kappa shape index (κ1) is 13.5. The Morgan fingerprint density at radius 3 is 2.74 bits per heavy atom. The van der Waals surface area contributed by atoms with Gasteiger partial charge in [-0.15, -0.1) is 11.3 Å². The van der Waals surface area contributed by atoms with Crippen molar-refractivity contribution in [3.63, 3.8) is 0 Å². The number of hydrogen-bond donors (Lipinski definition) is 2. The van der Waals surface area contributed by atoms with Crippen LogP contribution in [-0.4, -0.2) is 32.6 Å². The Bertz CT molecular complexity index is 621. The van der Waals surface area contributed by atoms with Gasteiger partial charge in [-0.1, -0.05) is 18.2 Å². The highest BCUT2D eigenvalue weighted by Crippen LogP contribution is 2.36. The molecule has 1 amide bonds. The molecule has 0 bridgehead atoms. The number of amides is 1. The fourth-order valence-corrected chi connectivity index (χ4v) is 2.83. The molecule has 0 saturated carbocycles. The molecule has 2 rings (SSSR count). The van der Waals surface area contributed by atoms with Crippen LogP contribution in [0.1, 0.15) is 9.67 Å². The molecular formula is C13H14N2O3S. The van der Waals surface area contributed by atoms with Crippen LogP contribution in [0.4, 0.5) is 5.69 Å². The van der Waals surface area contributed by atoms with Crippen LogP contribution >= 0.6 is 11.3 Å². The van der Waals surface area contributed by atoms with Gasteiger partial charge in [0.15, 0.2) is 0 Å². The highest BCUT2D eigenvalue weighted by molar-refractivity contribution is 7.21. The Kier molecular flexibility index (Phi) is 4.13. The molecule has 1 aromatic heterocycles. The van der Waals surface area contributed by atoms with Gasteiger partial charge in [0.25, 0.3) is 0 Å². The molecule has 0 spiro atoms. The van der Waals surface area contributed by atoms with E-state index in [1.54, 1.807) is 7.05 Å². The molecule has 0 aliphatic rings. The van der Waals surface area contributed by atoms with Crippen molar-refractivity contribution in [1.82, 2.24) is 5.32 Å². The first-order valence-electron chi connectivity index (χ1n) is 5.71. The summed E-state index contributed by atoms with van der Waals surface area (Å²) in [5, 5.41) is 6.37. The highest BCUT2D eigenvalue weighted by Gasteiger charge is 2.20. The summed E-state index contributed by atoms with van der Waals surface area (Å²) in [5.41, 5.74) is 0.521. The standard InChI is InChI=1S/C13H14N2O3S/c1-14-7-10(16)15-11-8-5-3-4-6-9(8)19-12(11)13(17)18-2/h3-6,14H,7H2,1-2H3,(H,15,16). The molecule has 2 aromatic rings. The normalized spacial score (nSPS) is 10.4. The maximum atomic E-state index is 11.8. The molecule has 0 fully saturated rings. The van der Waals surface area contributed by atoms with Gasteiger partial charge in [0.1, 0.15) is 4.88 Å². The summed E-state index contributed by atoms with van der Waals surface area (Å²) in [4.78, 5) is 23.9. The number of esters is 1. The van der Waals surface area contributed by atoms with E-state index in [1.807, 2.05) is 24.3 Å². The van der Waals surface area contributed by atoms with Crippen molar-refractivity contribution >= 4 is 39.0 Å². The van der Waals surface area contributed by atoms with Crippen LogP contribution in [0.3, 0.4) is 0 Å². The molecule has 0 unspecified atom stereocenters. The van der Waals surface area contributed by atoms with Crippen LogP contribution in [0.25, 0.3) is 10.1 Å². The van der Waals surface area contributed by atoms with Gasteiger partial charge in [-0.05, 0) is 13.1 Å². The Balaban J connectivity index is 2.48. The van der Waals surface area contributed by atoms with Gasteiger partial charge in [-0.25, -0.2) is 4.79 Å². The van der Waals surface area contributed by atoms with Crippen LogP contribution < -0.4 is 10.6 Å². The molecule has 0 aliphatic heterocycles. The lowest BCUT2D eigenvalue weighted by molar-refractivity contribution is -0.115. The third-order valence-electron chi connectivity index (χ3n) is 2.57. The van der Waals surface area contributed by atoms with E-state index in [0.717, 1.165) is 10.1 Å². The Morgan fingerprint density at radius 1 is 1.32 bits per heavy atom. The molecule has 1 heterocycles. The van der Waals surface area contributed by atoms with E-state index in [4.69, 9.17) is 4.74 Å². The quantitative estimate of drug-likeness (QED) is 0.838. The molecule has 1 aromatic carbocycles. The minimum absolute atomic E-state index is 0.185. The maximum Gasteiger partial charge on any atom is 0.350 e. The van der Waals surface area contributed by atoms with E-state index < -0.39 is 5.97 Å². The van der Waals surface area contributed by atoms with Gasteiger partial charge >= 0.3 is 5.97 Å². The van der Waals surface area contributed by atoms with Crippen molar-refractivity contribution in [3.8, 4) is 0 Å². The van der Waals surface area contributed by atoms with E-state index in [9.17, 15) is 9.59 Å². The molecule has 6 heteroatoms. The second-order valence-electron chi connectivity index (χ2n) is 3.87. The van der Waals surface area contributed by atoms with Gasteiger partial charge in [-0.3, -0.25) is 4.79 Å². The second-order valence-corrected chi connectivity index (χ2v) is 4.92. The number of nitrogens with one attached hydrogen (secondary N) is 2. The lowest BCUT2D eigenvalue weighted by atomic mass is 10.2. The first-order chi connectivity index (χ1) is 9.17. The number of hydrogen-bond acceptors (Lipinski definition) is 5. The number of rotatable bonds is 4. The van der Waals surface area contributed by atoms with E-state index >= 15 is 0 Å². The molecule has 0 saturated heterocycles. The summed E-state index contributed by atoms with van der Waals surface area (Å²) in [6.07, 6.45) is 0. The average molecular weight is 278 g/mol. The number of methoxy groups -OCH3 is 1. The van der Waals surface area contributed by atoms with Crippen molar-refractivity contribution < 1.29 is 14.3 Å². The Labute approximate surface area is 114 Å². The summed E-state index contributed by atoms with van der Waals surface area (Å²) < 4.78 is 5.69. The number of carbonyl (C=O) groups is 2. The van der Waals surface area contributed by atoms with Gasteiger partial charge in [0.2, 0.25) is 5.91 Å². The fourth-order valence-electron chi connectivity index (χ4n) is 1.75. The van der Waals surface area contributed by atoms with Gasteiger partial charge < -0.3 is 15.4 Å². The number of benzene rings is 1. The van der Waals surface area contributed by atoms with Crippen molar-refractivity contribution in [2.75, 3.05) is 26.0 Å². The average Bonchev–Trinajstić information content (AvgIpc) is 2.77. The fraction of sp³-hybridized carbons (Fsp3) is 0.231. The van der Waals surface area contributed by atoms with Crippen molar-refractivity contribution in [2.45, 2.75) is 0 Å². The minimum Gasteiger partial charge on any atom is -0.465 e. The molecule has 19 heavy (non-hydrogen) atoms. The zero-order valence-electron chi connectivity index (χ0n) is 10.6. The third kappa shape index (κ3) is 2.74. The number of carbonyl (C=O) groups excluding carboxylic acids is 2. The molecule has 5 nitrogen and oxygen atoms in total. The third-order valence-corrected chi connectivity index (χ3v) is 3.72. The van der Waals surface area contributed by atoms with E-state index in [1.165, 1.54) is 18.4 Å². The number of likely N-dealkylation sites (N-methyl/N-ethyl adjacent to an activating group) is 1. The Hall–Kier alpha value is -1.92. The summed E-state index contributed by atoms with van der Waals surface area (Å²) >= 11 is 1.31. The van der Waals surface area contributed by atoms with Crippen LogP contribution in [0.5, 0.6) is 0 Å². The van der Waals surface area contributed by atoms with Gasteiger partial charge in [-0.2, -0.15) is 0 Å². The lowest BCUT2D eigenvalue weighted by Gasteiger charge is -2.06. The molecule has 100 valence electrons. The van der Waals surface area contributed by atoms with Crippen molar-refractivity contribution in [2.24, 2.45) is 0 Å². The smallest absolute Gasteiger partial charge is 0.350 e. The summed E-state index contributed by atoms with van der Waals surface area (Å²) in [6, 6.07) is 7.52. The van der Waals surface area contributed by atoms with E-state index in [0.29, 0.717) is 10.6 Å². The first-order valence-corrected chi connectivity index (χ1v) is 6.53. The number of anilines is 1. The van der Waals surface area contributed by atoms with Gasteiger partial charge in [0.05, 0.1) is 19.3 Å². The summed E-state index contributed by atoms with van der Waals surface area (Å²) in [6.45, 7) is 0.185. The largest absolute Gasteiger partial charge is 0.465 e. The molecule has 0 radical (unpaired) electrons. The van der Waals surface area contributed by atoms with Gasteiger partial charge in [0, 0.05) is 10.1 Å². The topological polar surface area (TPSA) is 67.4 Å². The number of thiophene rings is 1. The lowest BCUT2D eigenvalue weighted by Crippen LogP contribution is -2.25.